The van der Waals surface area contributed by atoms with Gasteiger partial charge in [0.15, 0.2) is 0 Å². The number of carbonyl (C=O) groups is 2. The fraction of sp³-hybridized carbons (Fsp3) is 0.417. The summed E-state index contributed by atoms with van der Waals surface area (Å²) in [6.07, 6.45) is 1.93. The number of amides is 2. The van der Waals surface area contributed by atoms with E-state index in [1.807, 2.05) is 11.8 Å². The van der Waals surface area contributed by atoms with Gasteiger partial charge >= 0.3 is 0 Å². The summed E-state index contributed by atoms with van der Waals surface area (Å²) < 4.78 is 28.6. The molecule has 3 aliphatic rings. The van der Waals surface area contributed by atoms with Crippen molar-refractivity contribution in [2.45, 2.75) is 51.2 Å². The number of carbonyl (C=O) groups excluding carboxylic acids is 2. The lowest BCUT2D eigenvalue weighted by Gasteiger charge is -2.27. The van der Waals surface area contributed by atoms with Crippen molar-refractivity contribution in [2.75, 3.05) is 28.6 Å². The molecule has 0 bridgehead atoms. The lowest BCUT2D eigenvalue weighted by molar-refractivity contribution is -0.129. The molecule has 2 saturated heterocycles. The molecule has 0 aliphatic carbocycles. The molecule has 0 spiro atoms. The van der Waals surface area contributed by atoms with Gasteiger partial charge in [0.25, 0.3) is 0 Å². The third kappa shape index (κ3) is 3.47. The average Bonchev–Trinajstić information content (AvgIpc) is 3.44. The van der Waals surface area contributed by atoms with E-state index in [1.54, 1.807) is 19.1 Å². The van der Waals surface area contributed by atoms with Gasteiger partial charge in [0.1, 0.15) is 17.7 Å². The molecule has 5 rings (SSSR count). The number of benzene rings is 2. The maximum absolute atomic E-state index is 14.5. The number of hydrogen-bond acceptors (Lipinski definition) is 4. The number of rotatable bonds is 3. The van der Waals surface area contributed by atoms with E-state index >= 15 is 0 Å². The standard InChI is InChI=1S/C24H26F2N4O2/c1-13-3-4-19(26)18-12-20(28-23(13)18)24(32)27-16-9-15(25)10-17(11-16)30-8-6-21-22(30)5-7-29(21)14(2)31/h3-4,9-11,20-22,28H,5-8,12H2,1-2H3,(H,27,32)/t20?,21-,22-/m0/s1. The molecule has 168 valence electrons. The Kier molecular flexibility index (Phi) is 5.03. The predicted molar refractivity (Wildman–Crippen MR) is 119 cm³/mol. The Balaban J connectivity index is 1.32. The summed E-state index contributed by atoms with van der Waals surface area (Å²) in [5, 5.41) is 5.89. The van der Waals surface area contributed by atoms with E-state index in [2.05, 4.69) is 15.5 Å². The maximum Gasteiger partial charge on any atom is 0.247 e. The summed E-state index contributed by atoms with van der Waals surface area (Å²) in [5.74, 6) is -1.03. The van der Waals surface area contributed by atoms with Gasteiger partial charge in [-0.2, -0.15) is 0 Å². The van der Waals surface area contributed by atoms with Crippen LogP contribution in [0.2, 0.25) is 0 Å². The molecule has 2 N–H and O–H groups in total. The second kappa shape index (κ2) is 7.76. The molecule has 3 heterocycles. The third-order valence-corrected chi connectivity index (χ3v) is 6.97. The smallest absolute Gasteiger partial charge is 0.247 e. The van der Waals surface area contributed by atoms with E-state index in [-0.39, 0.29) is 36.1 Å². The Hall–Kier alpha value is -3.16. The molecule has 0 saturated carbocycles. The highest BCUT2D eigenvalue weighted by Gasteiger charge is 2.43. The van der Waals surface area contributed by atoms with Crippen LogP contribution in [0.1, 0.15) is 30.9 Å². The van der Waals surface area contributed by atoms with Crippen LogP contribution in [-0.4, -0.2) is 47.9 Å². The minimum absolute atomic E-state index is 0.0725. The summed E-state index contributed by atoms with van der Waals surface area (Å²) in [6, 6.07) is 7.30. The molecule has 2 aromatic rings. The van der Waals surface area contributed by atoms with Crippen molar-refractivity contribution in [3.63, 3.8) is 0 Å². The van der Waals surface area contributed by atoms with Crippen LogP contribution in [0, 0.1) is 18.6 Å². The molecule has 0 aromatic heterocycles. The van der Waals surface area contributed by atoms with Gasteiger partial charge < -0.3 is 20.4 Å². The first kappa shape index (κ1) is 20.7. The second-order valence-electron chi connectivity index (χ2n) is 8.92. The lowest BCUT2D eigenvalue weighted by atomic mass is 10.1. The van der Waals surface area contributed by atoms with Crippen LogP contribution in [0.15, 0.2) is 30.3 Å². The van der Waals surface area contributed by atoms with Crippen molar-refractivity contribution in [2.24, 2.45) is 0 Å². The van der Waals surface area contributed by atoms with Gasteiger partial charge in [-0.05, 0) is 49.6 Å². The highest BCUT2D eigenvalue weighted by molar-refractivity contribution is 5.98. The first-order valence-corrected chi connectivity index (χ1v) is 11.0. The van der Waals surface area contributed by atoms with Crippen molar-refractivity contribution in [3.8, 4) is 0 Å². The molecule has 1 unspecified atom stereocenters. The highest BCUT2D eigenvalue weighted by Crippen LogP contribution is 2.37. The Morgan fingerprint density at radius 3 is 2.62 bits per heavy atom. The van der Waals surface area contributed by atoms with Crippen molar-refractivity contribution < 1.29 is 18.4 Å². The van der Waals surface area contributed by atoms with Crippen LogP contribution in [0.25, 0.3) is 0 Å². The molecule has 8 heteroatoms. The van der Waals surface area contributed by atoms with Gasteiger partial charge in [-0.1, -0.05) is 6.07 Å². The van der Waals surface area contributed by atoms with Crippen molar-refractivity contribution >= 4 is 28.9 Å². The second-order valence-corrected chi connectivity index (χ2v) is 8.92. The number of hydrogen-bond donors (Lipinski definition) is 2. The molecule has 32 heavy (non-hydrogen) atoms. The fourth-order valence-electron chi connectivity index (χ4n) is 5.47. The number of anilines is 3. The molecular formula is C24H26F2N4O2. The van der Waals surface area contributed by atoms with E-state index in [1.165, 1.54) is 18.2 Å². The number of nitrogens with zero attached hydrogens (tertiary/aromatic N) is 2. The topological polar surface area (TPSA) is 64.7 Å². The van der Waals surface area contributed by atoms with Gasteiger partial charge in [-0.15, -0.1) is 0 Å². The van der Waals surface area contributed by atoms with Crippen LogP contribution in [0.5, 0.6) is 0 Å². The first-order valence-electron chi connectivity index (χ1n) is 11.0. The summed E-state index contributed by atoms with van der Waals surface area (Å²) in [6.45, 7) is 4.89. The van der Waals surface area contributed by atoms with Crippen LogP contribution in [0.3, 0.4) is 0 Å². The SMILES string of the molecule is CC(=O)N1CC[C@H]2[C@@H]1CCN2c1cc(F)cc(NC(=O)C2Cc3c(F)ccc(C)c3N2)c1. The zero-order valence-electron chi connectivity index (χ0n) is 18.1. The van der Waals surface area contributed by atoms with Crippen molar-refractivity contribution in [3.05, 3.63) is 53.1 Å². The van der Waals surface area contributed by atoms with Gasteiger partial charge in [0.2, 0.25) is 11.8 Å². The molecule has 0 radical (unpaired) electrons. The van der Waals surface area contributed by atoms with Gasteiger partial charge in [0.05, 0.1) is 12.1 Å². The molecule has 2 aromatic carbocycles. The summed E-state index contributed by atoms with van der Waals surface area (Å²) >= 11 is 0. The quantitative estimate of drug-likeness (QED) is 0.768. The van der Waals surface area contributed by atoms with E-state index in [9.17, 15) is 18.4 Å². The Bertz CT molecular complexity index is 1070. The summed E-state index contributed by atoms with van der Waals surface area (Å²) in [5.41, 5.74) is 3.10. The fourth-order valence-corrected chi connectivity index (χ4v) is 5.47. The normalized spacial score (nSPS) is 23.7. The average molecular weight is 440 g/mol. The minimum atomic E-state index is -0.623. The number of halogens is 2. The van der Waals surface area contributed by atoms with Crippen LogP contribution < -0.4 is 15.5 Å². The molecular weight excluding hydrogens is 414 g/mol. The predicted octanol–water partition coefficient (Wildman–Crippen LogP) is 3.45. The minimum Gasteiger partial charge on any atom is -0.373 e. The summed E-state index contributed by atoms with van der Waals surface area (Å²) in [7, 11) is 0. The number of nitrogens with one attached hydrogen (secondary N) is 2. The van der Waals surface area contributed by atoms with Gasteiger partial charge in [-0.3, -0.25) is 9.59 Å². The van der Waals surface area contributed by atoms with Crippen molar-refractivity contribution in [1.82, 2.24) is 4.90 Å². The molecule has 6 nitrogen and oxygen atoms in total. The lowest BCUT2D eigenvalue weighted by Crippen LogP contribution is -2.38. The number of likely N-dealkylation sites (tertiary alicyclic amines) is 1. The largest absolute Gasteiger partial charge is 0.373 e. The Morgan fingerprint density at radius 1 is 1.09 bits per heavy atom. The first-order chi connectivity index (χ1) is 15.3. The van der Waals surface area contributed by atoms with Gasteiger partial charge in [0, 0.05) is 49.1 Å². The molecule has 3 aliphatic heterocycles. The monoisotopic (exact) mass is 440 g/mol. The third-order valence-electron chi connectivity index (χ3n) is 6.97. The zero-order valence-corrected chi connectivity index (χ0v) is 18.1. The van der Waals surface area contributed by atoms with E-state index in [4.69, 9.17) is 0 Å². The molecule has 2 amide bonds. The number of aryl methyl sites for hydroxylation is 1. The van der Waals surface area contributed by atoms with Gasteiger partial charge in [-0.25, -0.2) is 8.78 Å². The highest BCUT2D eigenvalue weighted by atomic mass is 19.1. The van der Waals surface area contributed by atoms with E-state index in [0.717, 1.165) is 24.9 Å². The summed E-state index contributed by atoms with van der Waals surface area (Å²) in [4.78, 5) is 28.8. The van der Waals surface area contributed by atoms with E-state index in [0.29, 0.717) is 29.2 Å². The zero-order chi connectivity index (χ0) is 22.6. The van der Waals surface area contributed by atoms with Crippen LogP contribution >= 0.6 is 0 Å². The molecule has 2 fully saturated rings. The van der Waals surface area contributed by atoms with Crippen molar-refractivity contribution in [1.29, 1.82) is 0 Å². The maximum atomic E-state index is 14.5. The Morgan fingerprint density at radius 2 is 1.88 bits per heavy atom. The van der Waals surface area contributed by atoms with Crippen LogP contribution in [0.4, 0.5) is 25.8 Å². The Labute approximate surface area is 185 Å². The van der Waals surface area contributed by atoms with Crippen LogP contribution in [-0.2, 0) is 16.0 Å². The molecule has 3 atom stereocenters. The van der Waals surface area contributed by atoms with E-state index < -0.39 is 11.9 Å². The number of fused-ring (bicyclic) bond motifs is 2.